The first kappa shape index (κ1) is 32.4. The fraction of sp³-hybridized carbons (Fsp3) is 0.459. The van der Waals surface area contributed by atoms with Gasteiger partial charge in [-0.05, 0) is 79.2 Å². The van der Waals surface area contributed by atoms with Crippen LogP contribution in [-0.2, 0) is 14.4 Å². The van der Waals surface area contributed by atoms with Crippen molar-refractivity contribution >= 4 is 61.9 Å². The monoisotopic (exact) mass is 696 g/mol. The second-order valence-corrected chi connectivity index (χ2v) is 15.7. The first-order valence-electron chi connectivity index (χ1n) is 17.3. The van der Waals surface area contributed by atoms with Gasteiger partial charge in [0.25, 0.3) is 5.91 Å². The number of fused-ring (bicyclic) bond motifs is 3. The highest BCUT2D eigenvalue weighted by Crippen LogP contribution is 2.65. The van der Waals surface area contributed by atoms with Crippen LogP contribution in [0.2, 0.25) is 0 Å². The van der Waals surface area contributed by atoms with Gasteiger partial charge in [0.05, 0.1) is 23.4 Å². The Balaban J connectivity index is 1.04. The molecule has 4 aliphatic rings. The van der Waals surface area contributed by atoms with Gasteiger partial charge in [0.2, 0.25) is 23.5 Å². The number of amides is 4. The number of hydrogen-bond donors (Lipinski definition) is 4. The third-order valence-electron chi connectivity index (χ3n) is 11.3. The van der Waals surface area contributed by atoms with Crippen LogP contribution in [0.15, 0.2) is 48.5 Å². The number of carbonyl (C=O) groups is 5. The molecule has 0 bridgehead atoms. The van der Waals surface area contributed by atoms with E-state index in [1.54, 1.807) is 18.1 Å². The van der Waals surface area contributed by atoms with Crippen LogP contribution < -0.4 is 20.7 Å². The van der Waals surface area contributed by atoms with Gasteiger partial charge in [-0.15, -0.1) is 11.3 Å². The molecule has 2 aliphatic heterocycles. The molecule has 0 unspecified atom stereocenters. The van der Waals surface area contributed by atoms with E-state index < -0.39 is 35.9 Å². The number of ether oxygens (including phenoxy) is 1. The van der Waals surface area contributed by atoms with Gasteiger partial charge < -0.3 is 30.6 Å². The quantitative estimate of drug-likeness (QED) is 0.174. The summed E-state index contributed by atoms with van der Waals surface area (Å²) in [5.41, 5.74) is 1.58. The fourth-order valence-corrected chi connectivity index (χ4v) is 9.18. The summed E-state index contributed by atoms with van der Waals surface area (Å²) in [6, 6.07) is 12.1. The average molecular weight is 697 g/mol. The number of para-hydroxylation sites is 1. The van der Waals surface area contributed by atoms with Crippen LogP contribution in [0.5, 0.6) is 5.75 Å². The Bertz CT molecular complexity index is 2020. The third-order valence-corrected chi connectivity index (χ3v) is 12.4. The zero-order valence-corrected chi connectivity index (χ0v) is 29.0. The van der Waals surface area contributed by atoms with E-state index in [-0.39, 0.29) is 52.2 Å². The Labute approximate surface area is 292 Å². The number of nitrogens with zero attached hydrogens (tertiary/aromatic N) is 2. The van der Waals surface area contributed by atoms with Crippen molar-refractivity contribution in [2.45, 2.75) is 57.7 Å². The van der Waals surface area contributed by atoms with Crippen LogP contribution in [0.1, 0.15) is 59.8 Å². The van der Waals surface area contributed by atoms with Crippen molar-refractivity contribution in [3.05, 3.63) is 59.2 Å². The summed E-state index contributed by atoms with van der Waals surface area (Å²) in [6.45, 7) is 5.10. The van der Waals surface area contributed by atoms with E-state index in [0.717, 1.165) is 28.4 Å². The van der Waals surface area contributed by atoms with Crippen molar-refractivity contribution in [1.29, 1.82) is 0 Å². The molecule has 4 N–H and O–H groups in total. The van der Waals surface area contributed by atoms with E-state index in [1.807, 2.05) is 42.5 Å². The number of piperidine rings is 1. The number of aromatic amines is 1. The van der Waals surface area contributed by atoms with Crippen LogP contribution in [0.3, 0.4) is 0 Å². The fourth-order valence-electron chi connectivity index (χ4n) is 8.22. The van der Waals surface area contributed by atoms with Crippen molar-refractivity contribution in [3.8, 4) is 5.75 Å². The maximum absolute atomic E-state index is 14.4. The smallest absolute Gasteiger partial charge is 0.268 e. The lowest BCUT2D eigenvalue weighted by atomic mass is 9.94. The van der Waals surface area contributed by atoms with E-state index in [0.29, 0.717) is 36.5 Å². The number of nitrogens with one attached hydrogen (secondary N) is 4. The minimum Gasteiger partial charge on any atom is -0.496 e. The van der Waals surface area contributed by atoms with E-state index >= 15 is 0 Å². The molecule has 2 aliphatic carbocycles. The van der Waals surface area contributed by atoms with Crippen LogP contribution >= 0.6 is 11.3 Å². The maximum Gasteiger partial charge on any atom is 0.268 e. The molecule has 0 spiro atoms. The molecular formula is C37H40N6O6S. The zero-order chi connectivity index (χ0) is 34.9. The average Bonchev–Trinajstić information content (AvgIpc) is 3.62. The molecule has 50 heavy (non-hydrogen) atoms. The molecule has 2 saturated heterocycles. The van der Waals surface area contributed by atoms with Crippen molar-refractivity contribution in [1.82, 2.24) is 30.8 Å². The van der Waals surface area contributed by atoms with E-state index in [4.69, 9.17) is 4.74 Å². The summed E-state index contributed by atoms with van der Waals surface area (Å²) in [5.74, 6) is -1.42. The lowest BCUT2D eigenvalue weighted by Gasteiger charge is -2.34. The molecule has 8 rings (SSSR count). The van der Waals surface area contributed by atoms with Gasteiger partial charge >= 0.3 is 0 Å². The molecule has 2 aromatic heterocycles. The SMILES string of the molecule is COc1cccc2[nH]c(C(=O)N[C@H](C(=O)N3C[C@H]4[C@@H]([C@H]3C(=O)N[C@@H](C[C@@H]3CCNC3=O)C(=O)c3nc5ccccc5s3)C4(C)C)C3CC3)cc12. The number of rotatable bonds is 11. The number of Topliss-reactive ketones (excluding diaryl/α,β-unsaturated/α-hetero) is 1. The molecule has 13 heteroatoms. The summed E-state index contributed by atoms with van der Waals surface area (Å²) in [5, 5.41) is 9.85. The van der Waals surface area contributed by atoms with Gasteiger partial charge in [-0.25, -0.2) is 4.98 Å². The Morgan fingerprint density at radius 2 is 1.88 bits per heavy atom. The molecule has 4 fully saturated rings. The normalized spacial score (nSPS) is 24.8. The number of aromatic nitrogens is 2. The van der Waals surface area contributed by atoms with E-state index in [9.17, 15) is 24.0 Å². The maximum atomic E-state index is 14.4. The molecule has 4 aromatic rings. The third kappa shape index (κ3) is 5.61. The van der Waals surface area contributed by atoms with Gasteiger partial charge in [0.15, 0.2) is 5.01 Å². The second-order valence-electron chi connectivity index (χ2n) is 14.7. The Kier molecular flexibility index (Phi) is 7.92. The zero-order valence-electron chi connectivity index (χ0n) is 28.2. The second kappa shape index (κ2) is 12.2. The van der Waals surface area contributed by atoms with Crippen molar-refractivity contribution in [2.75, 3.05) is 20.2 Å². The number of methoxy groups -OCH3 is 1. The number of hydrogen-bond acceptors (Lipinski definition) is 8. The minimum absolute atomic E-state index is 0.0340. The Morgan fingerprint density at radius 3 is 2.60 bits per heavy atom. The largest absolute Gasteiger partial charge is 0.496 e. The molecule has 12 nitrogen and oxygen atoms in total. The highest BCUT2D eigenvalue weighted by atomic mass is 32.1. The standard InChI is InChI=1S/C37H40N6O6S/c1-37(2)21-17-43(36(48)29(18-11-12-18)42-33(46)25-16-20-22(39-25)8-6-9-26(20)49-3)30(28(21)37)34(47)40-24(15-19-13-14-38-32(19)45)31(44)35-41-23-7-4-5-10-27(23)50-35/h4-10,16,18-19,21,24,28-30,39H,11-15,17H2,1-3H3,(H,38,45)(H,40,47)(H,42,46)/t19-,21-,24-,28-,29-,30-/m0/s1. The molecule has 0 radical (unpaired) electrons. The number of benzene rings is 2. The topological polar surface area (TPSA) is 163 Å². The number of carbonyl (C=O) groups excluding carboxylic acids is 5. The van der Waals surface area contributed by atoms with Crippen LogP contribution in [-0.4, -0.2) is 82.6 Å². The number of thiazole rings is 1. The lowest BCUT2D eigenvalue weighted by Crippen LogP contribution is -2.58. The van der Waals surface area contributed by atoms with Crippen molar-refractivity contribution < 1.29 is 28.7 Å². The molecule has 260 valence electrons. The highest BCUT2D eigenvalue weighted by Gasteiger charge is 2.70. The van der Waals surface area contributed by atoms with Crippen molar-refractivity contribution in [3.63, 3.8) is 0 Å². The van der Waals surface area contributed by atoms with Gasteiger partial charge in [0.1, 0.15) is 23.5 Å². The predicted molar refractivity (Wildman–Crippen MR) is 187 cm³/mol. The van der Waals surface area contributed by atoms with E-state index in [2.05, 4.69) is 39.8 Å². The first-order valence-corrected chi connectivity index (χ1v) is 18.1. The summed E-state index contributed by atoms with van der Waals surface area (Å²) in [6.07, 6.45) is 2.29. The Hall–Kier alpha value is -4.78. The van der Waals surface area contributed by atoms with Crippen LogP contribution in [0, 0.1) is 29.1 Å². The van der Waals surface area contributed by atoms with Gasteiger partial charge in [-0.2, -0.15) is 0 Å². The molecule has 2 aromatic carbocycles. The summed E-state index contributed by atoms with van der Waals surface area (Å²) in [4.78, 5) is 78.3. The molecule has 4 heterocycles. The summed E-state index contributed by atoms with van der Waals surface area (Å²) >= 11 is 1.26. The molecule has 2 saturated carbocycles. The molecular weight excluding hydrogens is 657 g/mol. The molecule has 6 atom stereocenters. The number of likely N-dealkylation sites (tertiary alicyclic amines) is 1. The van der Waals surface area contributed by atoms with Crippen molar-refractivity contribution in [2.24, 2.45) is 29.1 Å². The summed E-state index contributed by atoms with van der Waals surface area (Å²) in [7, 11) is 1.57. The lowest BCUT2D eigenvalue weighted by molar-refractivity contribution is -0.142. The Morgan fingerprint density at radius 1 is 1.08 bits per heavy atom. The first-order chi connectivity index (χ1) is 24.0. The van der Waals surface area contributed by atoms with Crippen LogP contribution in [0.25, 0.3) is 21.1 Å². The molecule has 4 amide bonds. The predicted octanol–water partition coefficient (Wildman–Crippen LogP) is 3.67. The number of ketones is 1. The van der Waals surface area contributed by atoms with Crippen LogP contribution in [0.4, 0.5) is 0 Å². The van der Waals surface area contributed by atoms with Gasteiger partial charge in [0, 0.05) is 29.9 Å². The summed E-state index contributed by atoms with van der Waals surface area (Å²) < 4.78 is 6.31. The number of H-pyrrole nitrogens is 1. The van der Waals surface area contributed by atoms with E-state index in [1.165, 1.54) is 11.3 Å². The minimum atomic E-state index is -0.993. The van der Waals surface area contributed by atoms with Gasteiger partial charge in [-0.1, -0.05) is 32.0 Å². The highest BCUT2D eigenvalue weighted by molar-refractivity contribution is 7.20. The van der Waals surface area contributed by atoms with Gasteiger partial charge in [-0.3, -0.25) is 24.0 Å².